The summed E-state index contributed by atoms with van der Waals surface area (Å²) < 4.78 is 0. The lowest BCUT2D eigenvalue weighted by Crippen LogP contribution is -2.40. The van der Waals surface area contributed by atoms with Gasteiger partial charge in [0.2, 0.25) is 0 Å². The molecule has 0 bridgehead atoms. The van der Waals surface area contributed by atoms with Crippen LogP contribution in [0.2, 0.25) is 0 Å². The average molecular weight is 138 g/mol. The van der Waals surface area contributed by atoms with Crippen LogP contribution in [0.25, 0.3) is 0 Å². The van der Waals surface area contributed by atoms with E-state index in [4.69, 9.17) is 0 Å². The molecular weight excluding hydrogens is 128 g/mol. The van der Waals surface area contributed by atoms with Crippen LogP contribution in [-0.4, -0.2) is 29.5 Å². The molecule has 0 fully saturated rings. The summed E-state index contributed by atoms with van der Waals surface area (Å²) in [7, 11) is 0. The van der Waals surface area contributed by atoms with Crippen molar-refractivity contribution in [1.82, 2.24) is 15.7 Å². The van der Waals surface area contributed by atoms with Crippen LogP contribution >= 0.6 is 0 Å². The summed E-state index contributed by atoms with van der Waals surface area (Å²) in [5, 5.41) is 7.95. The lowest BCUT2D eigenvalue weighted by Gasteiger charge is -2.24. The Kier molecular flexibility index (Phi) is 1.32. The van der Waals surface area contributed by atoms with E-state index in [1.807, 2.05) is 22.7 Å². The molecule has 0 aromatic heterocycles. The molecule has 4 heteroatoms. The van der Waals surface area contributed by atoms with Gasteiger partial charge in [0, 0.05) is 25.4 Å². The van der Waals surface area contributed by atoms with E-state index in [0.717, 1.165) is 19.5 Å². The molecule has 0 saturated heterocycles. The van der Waals surface area contributed by atoms with E-state index in [9.17, 15) is 0 Å². The maximum absolute atomic E-state index is 4.14. The molecule has 0 aromatic carbocycles. The van der Waals surface area contributed by atoms with Crippen LogP contribution in [0.4, 0.5) is 0 Å². The van der Waals surface area contributed by atoms with Gasteiger partial charge in [0.25, 0.3) is 0 Å². The number of hydrazine groups is 2. The third-order valence-electron chi connectivity index (χ3n) is 1.54. The maximum atomic E-state index is 4.14. The molecule has 0 spiro atoms. The Morgan fingerprint density at radius 1 is 1.50 bits per heavy atom. The first-order chi connectivity index (χ1) is 4.97. The van der Waals surface area contributed by atoms with E-state index in [2.05, 4.69) is 16.6 Å². The predicted octanol–water partition coefficient (Wildman–Crippen LogP) is -0.0732. The van der Waals surface area contributed by atoms with Gasteiger partial charge in [0.15, 0.2) is 0 Å². The van der Waals surface area contributed by atoms with Crippen molar-refractivity contribution in [2.75, 3.05) is 13.1 Å². The summed E-state index contributed by atoms with van der Waals surface area (Å²) in [6.07, 6.45) is 7.02. The molecule has 2 heterocycles. The molecule has 0 radical (unpaired) electrons. The molecule has 2 aliphatic rings. The van der Waals surface area contributed by atoms with Gasteiger partial charge in [-0.3, -0.25) is 0 Å². The van der Waals surface area contributed by atoms with Crippen LogP contribution in [0.3, 0.4) is 0 Å². The predicted molar refractivity (Wildman–Crippen MR) is 38.8 cm³/mol. The SMILES string of the molecule is C1=CN(N2CCC=N2)NC1. The van der Waals surface area contributed by atoms with Crippen molar-refractivity contribution in [1.29, 1.82) is 0 Å². The van der Waals surface area contributed by atoms with Gasteiger partial charge in [-0.1, -0.05) is 0 Å². The molecule has 2 rings (SSSR count). The van der Waals surface area contributed by atoms with Crippen molar-refractivity contribution in [3.63, 3.8) is 0 Å². The lowest BCUT2D eigenvalue weighted by molar-refractivity contribution is 0.00126. The number of hydrogen-bond donors (Lipinski definition) is 1. The highest BCUT2D eigenvalue weighted by Gasteiger charge is 2.13. The highest BCUT2D eigenvalue weighted by atomic mass is 15.9. The Morgan fingerprint density at radius 3 is 3.10 bits per heavy atom. The molecule has 2 aliphatic heterocycles. The van der Waals surface area contributed by atoms with Gasteiger partial charge < -0.3 is 0 Å². The first kappa shape index (κ1) is 5.73. The number of hydrogen-bond acceptors (Lipinski definition) is 4. The lowest BCUT2D eigenvalue weighted by atomic mass is 10.5. The Bertz CT molecular complexity index is 155. The smallest absolute Gasteiger partial charge is 0.0651 e. The van der Waals surface area contributed by atoms with Gasteiger partial charge in [-0.15, -0.1) is 0 Å². The third-order valence-corrected chi connectivity index (χ3v) is 1.54. The van der Waals surface area contributed by atoms with Crippen molar-refractivity contribution >= 4 is 6.21 Å². The van der Waals surface area contributed by atoms with E-state index in [1.54, 1.807) is 0 Å². The minimum Gasteiger partial charge on any atom is -0.210 e. The number of nitrogens with one attached hydrogen (secondary N) is 1. The van der Waals surface area contributed by atoms with Gasteiger partial charge in [0.1, 0.15) is 0 Å². The average Bonchev–Trinajstić information content (AvgIpc) is 2.59. The van der Waals surface area contributed by atoms with Crippen molar-refractivity contribution in [2.24, 2.45) is 5.10 Å². The molecule has 0 unspecified atom stereocenters. The van der Waals surface area contributed by atoms with E-state index >= 15 is 0 Å². The fourth-order valence-electron chi connectivity index (χ4n) is 1.06. The summed E-state index contributed by atoms with van der Waals surface area (Å²) in [6, 6.07) is 0. The van der Waals surface area contributed by atoms with Crippen LogP contribution < -0.4 is 5.43 Å². The molecular formula is C6H10N4. The zero-order valence-corrected chi connectivity index (χ0v) is 5.70. The standard InChI is InChI=1S/C6H10N4/c1-3-7-9(5-1)10-6-2-4-8-10/h1,4-5,7H,2-3,6H2. The van der Waals surface area contributed by atoms with Crippen molar-refractivity contribution in [3.8, 4) is 0 Å². The molecule has 10 heavy (non-hydrogen) atoms. The quantitative estimate of drug-likeness (QED) is 0.550. The highest BCUT2D eigenvalue weighted by Crippen LogP contribution is 2.05. The molecule has 0 saturated carbocycles. The van der Waals surface area contributed by atoms with Crippen LogP contribution in [0.5, 0.6) is 0 Å². The van der Waals surface area contributed by atoms with E-state index < -0.39 is 0 Å². The molecule has 0 aromatic rings. The largest absolute Gasteiger partial charge is 0.210 e. The topological polar surface area (TPSA) is 30.9 Å². The van der Waals surface area contributed by atoms with E-state index in [1.165, 1.54) is 0 Å². The van der Waals surface area contributed by atoms with E-state index in [-0.39, 0.29) is 0 Å². The Labute approximate surface area is 59.7 Å². The van der Waals surface area contributed by atoms with Crippen molar-refractivity contribution in [3.05, 3.63) is 12.3 Å². The summed E-state index contributed by atoms with van der Waals surface area (Å²) in [4.78, 5) is 0. The fraction of sp³-hybridized carbons (Fsp3) is 0.500. The van der Waals surface area contributed by atoms with Crippen LogP contribution in [0.15, 0.2) is 17.4 Å². The minimum atomic E-state index is 0.909. The van der Waals surface area contributed by atoms with Gasteiger partial charge in [-0.2, -0.15) is 10.2 Å². The highest BCUT2D eigenvalue weighted by molar-refractivity contribution is 5.58. The molecule has 0 aliphatic carbocycles. The molecule has 1 N–H and O–H groups in total. The van der Waals surface area contributed by atoms with E-state index in [0.29, 0.717) is 0 Å². The zero-order valence-electron chi connectivity index (χ0n) is 5.70. The summed E-state index contributed by atoms with van der Waals surface area (Å²) in [5.41, 5.74) is 3.13. The number of rotatable bonds is 1. The van der Waals surface area contributed by atoms with Gasteiger partial charge in [-0.05, 0) is 6.08 Å². The van der Waals surface area contributed by atoms with Crippen molar-refractivity contribution < 1.29 is 0 Å². The summed E-state index contributed by atoms with van der Waals surface area (Å²) >= 11 is 0. The monoisotopic (exact) mass is 138 g/mol. The van der Waals surface area contributed by atoms with Gasteiger partial charge in [-0.25, -0.2) is 10.5 Å². The van der Waals surface area contributed by atoms with Crippen LogP contribution in [0, 0.1) is 0 Å². The molecule has 54 valence electrons. The second-order valence-corrected chi connectivity index (χ2v) is 2.27. The second kappa shape index (κ2) is 2.30. The van der Waals surface area contributed by atoms with Crippen LogP contribution in [0.1, 0.15) is 6.42 Å². The molecule has 4 nitrogen and oxygen atoms in total. The Balaban J connectivity index is 1.98. The Hall–Kier alpha value is -1.03. The third kappa shape index (κ3) is 0.863. The first-order valence-corrected chi connectivity index (χ1v) is 3.46. The minimum absolute atomic E-state index is 0.909. The number of hydrazone groups is 1. The first-order valence-electron chi connectivity index (χ1n) is 3.46. The second-order valence-electron chi connectivity index (χ2n) is 2.27. The van der Waals surface area contributed by atoms with Gasteiger partial charge >= 0.3 is 0 Å². The van der Waals surface area contributed by atoms with Crippen LogP contribution in [-0.2, 0) is 0 Å². The van der Waals surface area contributed by atoms with Gasteiger partial charge in [0.05, 0.1) is 6.54 Å². The zero-order chi connectivity index (χ0) is 6.81. The molecule has 0 amide bonds. The number of nitrogens with zero attached hydrogens (tertiary/aromatic N) is 3. The molecule has 0 atom stereocenters. The normalized spacial score (nSPS) is 23.2. The Morgan fingerprint density at radius 2 is 2.50 bits per heavy atom. The maximum Gasteiger partial charge on any atom is 0.0651 e. The fourth-order valence-corrected chi connectivity index (χ4v) is 1.06. The van der Waals surface area contributed by atoms with Crippen molar-refractivity contribution in [2.45, 2.75) is 6.42 Å². The summed E-state index contributed by atoms with van der Waals surface area (Å²) in [5.74, 6) is 0. The summed E-state index contributed by atoms with van der Waals surface area (Å²) in [6.45, 7) is 1.89.